The number of hydrogen-bond acceptors (Lipinski definition) is 5. The van der Waals surface area contributed by atoms with Gasteiger partial charge in [-0.2, -0.15) is 5.10 Å². The molecular weight excluding hydrogens is 560 g/mol. The van der Waals surface area contributed by atoms with Crippen LogP contribution in [-0.2, 0) is 42.6 Å². The van der Waals surface area contributed by atoms with E-state index in [1.807, 2.05) is 85.6 Å². The molecule has 3 aromatic carbocycles. The zero-order valence-corrected chi connectivity index (χ0v) is 25.6. The maximum atomic E-state index is 14.5. The van der Waals surface area contributed by atoms with E-state index in [0.717, 1.165) is 45.6 Å². The SMILES string of the molecule is Cc1c(C=CC(=O)N(Cc2ccc(-c3cnccn3)cc2)C(Cc2ccccc2)C(=O)N2CCc3ccccc3C2)cnn1C. The second kappa shape index (κ2) is 13.5. The molecule has 3 heterocycles. The molecule has 8 heteroatoms. The topological polar surface area (TPSA) is 84.2 Å². The van der Waals surface area contributed by atoms with Crippen molar-refractivity contribution in [2.45, 2.75) is 38.9 Å². The number of fused-ring (bicyclic) bond motifs is 1. The second-order valence-corrected chi connectivity index (χ2v) is 11.4. The first-order valence-electron chi connectivity index (χ1n) is 15.2. The van der Waals surface area contributed by atoms with E-state index in [1.54, 1.807) is 46.5 Å². The molecule has 0 saturated carbocycles. The van der Waals surface area contributed by atoms with Crippen LogP contribution in [0.1, 0.15) is 33.5 Å². The van der Waals surface area contributed by atoms with Crippen LogP contribution in [0.25, 0.3) is 17.3 Å². The molecular formula is C37H36N6O2. The van der Waals surface area contributed by atoms with E-state index in [0.29, 0.717) is 19.5 Å². The normalized spacial score (nSPS) is 13.4. The van der Waals surface area contributed by atoms with Crippen molar-refractivity contribution >= 4 is 17.9 Å². The Morgan fingerprint density at radius 1 is 0.911 bits per heavy atom. The molecule has 6 rings (SSSR count). The van der Waals surface area contributed by atoms with Crippen molar-refractivity contribution in [3.05, 3.63) is 143 Å². The van der Waals surface area contributed by atoms with Crippen molar-refractivity contribution in [1.82, 2.24) is 29.5 Å². The second-order valence-electron chi connectivity index (χ2n) is 11.4. The van der Waals surface area contributed by atoms with Crippen LogP contribution in [0.15, 0.2) is 110 Å². The molecule has 2 amide bonds. The predicted molar refractivity (Wildman–Crippen MR) is 174 cm³/mol. The first-order chi connectivity index (χ1) is 22.0. The number of amides is 2. The molecule has 0 radical (unpaired) electrons. The van der Waals surface area contributed by atoms with Gasteiger partial charge in [-0.15, -0.1) is 0 Å². The highest BCUT2D eigenvalue weighted by atomic mass is 16.2. The number of rotatable bonds is 9. The summed E-state index contributed by atoms with van der Waals surface area (Å²) in [6.45, 7) is 3.37. The Balaban J connectivity index is 1.35. The molecule has 0 fully saturated rings. The Morgan fingerprint density at radius 3 is 2.38 bits per heavy atom. The first kappa shape index (κ1) is 29.7. The molecule has 8 nitrogen and oxygen atoms in total. The molecule has 0 spiro atoms. The Morgan fingerprint density at radius 2 is 1.67 bits per heavy atom. The third-order valence-electron chi connectivity index (χ3n) is 8.50. The minimum absolute atomic E-state index is 0.0520. The van der Waals surface area contributed by atoms with Crippen molar-refractivity contribution in [2.75, 3.05) is 6.54 Å². The minimum Gasteiger partial charge on any atom is -0.336 e. The number of carbonyl (C=O) groups is 2. The summed E-state index contributed by atoms with van der Waals surface area (Å²) in [6, 6.07) is 25.4. The van der Waals surface area contributed by atoms with Gasteiger partial charge in [0, 0.05) is 68.4 Å². The van der Waals surface area contributed by atoms with Gasteiger partial charge in [0.25, 0.3) is 0 Å². The molecule has 1 unspecified atom stereocenters. The van der Waals surface area contributed by atoms with Crippen molar-refractivity contribution in [3.63, 3.8) is 0 Å². The van der Waals surface area contributed by atoms with Crippen molar-refractivity contribution in [1.29, 1.82) is 0 Å². The molecule has 226 valence electrons. The Hall–Kier alpha value is -5.37. The lowest BCUT2D eigenvalue weighted by Gasteiger charge is -2.37. The summed E-state index contributed by atoms with van der Waals surface area (Å²) in [7, 11) is 1.87. The number of benzene rings is 3. The summed E-state index contributed by atoms with van der Waals surface area (Å²) in [4.78, 5) is 40.9. The molecule has 0 saturated heterocycles. The fourth-order valence-electron chi connectivity index (χ4n) is 5.77. The van der Waals surface area contributed by atoms with E-state index in [-0.39, 0.29) is 18.4 Å². The molecule has 2 aromatic heterocycles. The van der Waals surface area contributed by atoms with Crippen LogP contribution < -0.4 is 0 Å². The molecule has 5 aromatic rings. The lowest BCUT2D eigenvalue weighted by molar-refractivity contribution is -0.144. The van der Waals surface area contributed by atoms with Crippen LogP contribution >= 0.6 is 0 Å². The minimum atomic E-state index is -0.704. The Bertz CT molecular complexity index is 1800. The van der Waals surface area contributed by atoms with Gasteiger partial charge in [-0.1, -0.05) is 78.9 Å². The van der Waals surface area contributed by atoms with Gasteiger partial charge < -0.3 is 9.80 Å². The number of hydrogen-bond donors (Lipinski definition) is 0. The van der Waals surface area contributed by atoms with Crippen molar-refractivity contribution in [2.24, 2.45) is 7.05 Å². The summed E-state index contributed by atoms with van der Waals surface area (Å²) in [5.41, 5.74) is 7.85. The average Bonchev–Trinajstić information content (AvgIpc) is 3.41. The van der Waals surface area contributed by atoms with Crippen LogP contribution in [0, 0.1) is 6.92 Å². The van der Waals surface area contributed by atoms with Crippen LogP contribution in [0.5, 0.6) is 0 Å². The summed E-state index contributed by atoms with van der Waals surface area (Å²) in [5, 5.41) is 4.31. The third kappa shape index (κ3) is 6.91. The van der Waals surface area contributed by atoms with Gasteiger partial charge in [-0.3, -0.25) is 24.2 Å². The van der Waals surface area contributed by atoms with Gasteiger partial charge in [0.05, 0.1) is 18.1 Å². The average molecular weight is 597 g/mol. The van der Waals surface area contributed by atoms with Crippen LogP contribution in [0.3, 0.4) is 0 Å². The maximum absolute atomic E-state index is 14.5. The maximum Gasteiger partial charge on any atom is 0.247 e. The first-order valence-corrected chi connectivity index (χ1v) is 15.2. The standard InChI is InChI=1S/C37H36N6O2/c1-27-32(23-40-41(27)2)16-17-36(44)43(25-29-12-14-31(15-13-29)34-24-38-19-20-39-34)35(22-28-8-4-3-5-9-28)37(45)42-21-18-30-10-6-7-11-33(30)26-42/h3-17,19-20,23-24,35H,18,21-22,25-26H2,1-2H3. The lowest BCUT2D eigenvalue weighted by Crippen LogP contribution is -2.52. The van der Waals surface area contributed by atoms with E-state index in [2.05, 4.69) is 27.2 Å². The molecule has 45 heavy (non-hydrogen) atoms. The fraction of sp³-hybridized carbons (Fsp3) is 0.216. The highest BCUT2D eigenvalue weighted by Crippen LogP contribution is 2.24. The van der Waals surface area contributed by atoms with Crippen molar-refractivity contribution in [3.8, 4) is 11.3 Å². The van der Waals surface area contributed by atoms with Crippen molar-refractivity contribution < 1.29 is 9.59 Å². The van der Waals surface area contributed by atoms with Gasteiger partial charge in [-0.05, 0) is 41.7 Å². The number of aromatic nitrogens is 4. The highest BCUT2D eigenvalue weighted by molar-refractivity contribution is 5.96. The van der Waals surface area contributed by atoms with Crippen LogP contribution in [0.2, 0.25) is 0 Å². The van der Waals surface area contributed by atoms with Crippen LogP contribution in [0.4, 0.5) is 0 Å². The smallest absolute Gasteiger partial charge is 0.247 e. The fourth-order valence-corrected chi connectivity index (χ4v) is 5.77. The number of aryl methyl sites for hydroxylation is 1. The molecule has 1 aliphatic rings. The summed E-state index contributed by atoms with van der Waals surface area (Å²) >= 11 is 0. The van der Waals surface area contributed by atoms with E-state index < -0.39 is 6.04 Å². The quantitative estimate of drug-likeness (QED) is 0.212. The van der Waals surface area contributed by atoms with Crippen LogP contribution in [-0.4, -0.2) is 53.9 Å². The zero-order chi connectivity index (χ0) is 31.2. The van der Waals surface area contributed by atoms with E-state index in [1.165, 1.54) is 5.56 Å². The van der Waals surface area contributed by atoms with Gasteiger partial charge >= 0.3 is 0 Å². The Kier molecular flexibility index (Phi) is 8.91. The van der Waals surface area contributed by atoms with E-state index in [9.17, 15) is 9.59 Å². The third-order valence-corrected chi connectivity index (χ3v) is 8.50. The lowest BCUT2D eigenvalue weighted by atomic mass is 9.97. The van der Waals surface area contributed by atoms with Gasteiger partial charge in [0.15, 0.2) is 0 Å². The molecule has 1 aliphatic heterocycles. The van der Waals surface area contributed by atoms with E-state index >= 15 is 0 Å². The Labute approximate surface area is 263 Å². The molecule has 0 bridgehead atoms. The zero-order valence-electron chi connectivity index (χ0n) is 25.6. The van der Waals surface area contributed by atoms with E-state index in [4.69, 9.17) is 0 Å². The number of nitrogens with zero attached hydrogens (tertiary/aromatic N) is 6. The summed E-state index contributed by atoms with van der Waals surface area (Å²) in [5.74, 6) is -0.285. The highest BCUT2D eigenvalue weighted by Gasteiger charge is 2.34. The summed E-state index contributed by atoms with van der Waals surface area (Å²) < 4.78 is 1.77. The molecule has 0 N–H and O–H groups in total. The van der Waals surface area contributed by atoms with Gasteiger partial charge in [0.2, 0.25) is 11.8 Å². The monoisotopic (exact) mass is 596 g/mol. The molecule has 1 atom stereocenters. The largest absolute Gasteiger partial charge is 0.336 e. The summed E-state index contributed by atoms with van der Waals surface area (Å²) in [6.07, 6.45) is 11.3. The van der Waals surface area contributed by atoms with Gasteiger partial charge in [-0.25, -0.2) is 0 Å². The molecule has 0 aliphatic carbocycles. The number of carbonyl (C=O) groups excluding carboxylic acids is 2. The predicted octanol–water partition coefficient (Wildman–Crippen LogP) is 5.42. The van der Waals surface area contributed by atoms with Gasteiger partial charge in [0.1, 0.15) is 6.04 Å².